The second-order valence-corrected chi connectivity index (χ2v) is 8.38. The summed E-state index contributed by atoms with van der Waals surface area (Å²) in [4.78, 5) is 2.34. The third-order valence-corrected chi connectivity index (χ3v) is 6.29. The van der Waals surface area contributed by atoms with Crippen molar-refractivity contribution in [2.45, 2.75) is 17.7 Å². The molecule has 2 atom stereocenters. The second-order valence-electron chi connectivity index (χ2n) is 7.30. The van der Waals surface area contributed by atoms with Gasteiger partial charge in [0, 0.05) is 17.8 Å². The summed E-state index contributed by atoms with van der Waals surface area (Å²) in [5, 5.41) is 6.65. The van der Waals surface area contributed by atoms with Gasteiger partial charge in [0.05, 0.1) is 0 Å². The van der Waals surface area contributed by atoms with Gasteiger partial charge >= 0.3 is 0 Å². The average Bonchev–Trinajstić information content (AvgIpc) is 2.73. The number of rotatable bonds is 9. The van der Waals surface area contributed by atoms with Crippen LogP contribution in [0.3, 0.4) is 0 Å². The van der Waals surface area contributed by atoms with Gasteiger partial charge in [0.25, 0.3) is 0 Å². The van der Waals surface area contributed by atoms with Crippen LogP contribution in [0.5, 0.6) is 0 Å². The summed E-state index contributed by atoms with van der Waals surface area (Å²) < 4.78 is 0. The summed E-state index contributed by atoms with van der Waals surface area (Å²) >= 11 is 1.95. The molecule has 2 unspecified atom stereocenters. The van der Waals surface area contributed by atoms with Crippen LogP contribution in [0.15, 0.2) is 79.0 Å². The van der Waals surface area contributed by atoms with Crippen molar-refractivity contribution < 1.29 is 0 Å². The highest BCUT2D eigenvalue weighted by molar-refractivity contribution is 7.99. The summed E-state index contributed by atoms with van der Waals surface area (Å²) in [7, 11) is 4.35. The van der Waals surface area contributed by atoms with E-state index >= 15 is 0 Å². The Balaban J connectivity index is 1.65. The molecule has 0 saturated carbocycles. The van der Waals surface area contributed by atoms with Gasteiger partial charge in [-0.25, -0.2) is 0 Å². The van der Waals surface area contributed by atoms with Gasteiger partial charge in [-0.3, -0.25) is 0 Å². The quantitative estimate of drug-likeness (QED) is 0.533. The molecule has 0 fully saturated rings. The third kappa shape index (κ3) is 5.40. The molecular formula is C25H30N2S. The van der Waals surface area contributed by atoms with Gasteiger partial charge in [0.15, 0.2) is 0 Å². The van der Waals surface area contributed by atoms with Crippen LogP contribution in [0.4, 0.5) is 0 Å². The zero-order chi connectivity index (χ0) is 19.8. The van der Waals surface area contributed by atoms with Crippen molar-refractivity contribution in [3.05, 3.63) is 90.1 Å². The molecule has 28 heavy (non-hydrogen) atoms. The SMILES string of the molecule is CSC(Cc1ccccc1)C(CN/C=C/c1cccc2ccccc12)N(C)C. The predicted octanol–water partition coefficient (Wildman–Crippen LogP) is 5.30. The predicted molar refractivity (Wildman–Crippen MR) is 126 cm³/mol. The van der Waals surface area contributed by atoms with E-state index in [4.69, 9.17) is 0 Å². The van der Waals surface area contributed by atoms with Crippen molar-refractivity contribution in [2.24, 2.45) is 0 Å². The van der Waals surface area contributed by atoms with Crippen molar-refractivity contribution in [3.8, 4) is 0 Å². The van der Waals surface area contributed by atoms with E-state index in [9.17, 15) is 0 Å². The Hall–Kier alpha value is -2.23. The molecule has 1 N–H and O–H groups in total. The van der Waals surface area contributed by atoms with E-state index in [0.29, 0.717) is 11.3 Å². The van der Waals surface area contributed by atoms with Crippen molar-refractivity contribution in [3.63, 3.8) is 0 Å². The van der Waals surface area contributed by atoms with Crippen LogP contribution in [0.25, 0.3) is 16.8 Å². The lowest BCUT2D eigenvalue weighted by atomic mass is 10.0. The highest BCUT2D eigenvalue weighted by Gasteiger charge is 2.22. The van der Waals surface area contributed by atoms with Crippen molar-refractivity contribution in [2.75, 3.05) is 26.9 Å². The Morgan fingerprint density at radius 3 is 2.39 bits per heavy atom. The van der Waals surface area contributed by atoms with Gasteiger partial charge in [-0.05, 0) is 60.9 Å². The topological polar surface area (TPSA) is 15.3 Å². The normalized spacial score (nSPS) is 13.9. The lowest BCUT2D eigenvalue weighted by Gasteiger charge is -2.31. The fourth-order valence-corrected chi connectivity index (χ4v) is 4.62. The van der Waals surface area contributed by atoms with Gasteiger partial charge in [-0.2, -0.15) is 11.8 Å². The lowest BCUT2D eigenvalue weighted by Crippen LogP contribution is -2.44. The molecule has 3 aromatic rings. The molecule has 0 heterocycles. The number of benzene rings is 3. The van der Waals surface area contributed by atoms with E-state index in [-0.39, 0.29) is 0 Å². The van der Waals surface area contributed by atoms with Crippen LogP contribution >= 0.6 is 11.8 Å². The van der Waals surface area contributed by atoms with Crippen molar-refractivity contribution in [1.29, 1.82) is 0 Å². The van der Waals surface area contributed by atoms with E-state index in [2.05, 4.69) is 116 Å². The monoisotopic (exact) mass is 390 g/mol. The highest BCUT2D eigenvalue weighted by atomic mass is 32.2. The van der Waals surface area contributed by atoms with E-state index in [1.165, 1.54) is 21.9 Å². The minimum atomic E-state index is 0.451. The maximum atomic E-state index is 3.55. The molecule has 0 amide bonds. The Kier molecular flexibility index (Phi) is 7.58. The molecule has 0 radical (unpaired) electrons. The molecular weight excluding hydrogens is 360 g/mol. The standard InChI is InChI=1S/C25H30N2S/c1-27(2)24(25(28-3)18-20-10-5-4-6-11-20)19-26-17-16-22-14-9-13-21-12-7-8-15-23(21)22/h4-17,24-26H,18-19H2,1-3H3/b17-16+. The molecule has 0 aliphatic carbocycles. The van der Waals surface area contributed by atoms with Gasteiger partial charge in [-0.1, -0.05) is 72.8 Å². The zero-order valence-electron chi connectivity index (χ0n) is 17.0. The lowest BCUT2D eigenvalue weighted by molar-refractivity contribution is 0.283. The highest BCUT2D eigenvalue weighted by Crippen LogP contribution is 2.21. The van der Waals surface area contributed by atoms with E-state index in [0.717, 1.165) is 13.0 Å². The first-order valence-electron chi connectivity index (χ1n) is 9.80. The average molecular weight is 391 g/mol. The summed E-state index contributed by atoms with van der Waals surface area (Å²) in [5.41, 5.74) is 2.65. The van der Waals surface area contributed by atoms with Gasteiger partial charge in [0.1, 0.15) is 0 Å². The first-order valence-corrected chi connectivity index (χ1v) is 11.1. The van der Waals surface area contributed by atoms with E-state index in [1.54, 1.807) is 0 Å². The Morgan fingerprint density at radius 1 is 0.929 bits per heavy atom. The Labute approximate surface area is 173 Å². The minimum Gasteiger partial charge on any atom is -0.389 e. The van der Waals surface area contributed by atoms with Crippen LogP contribution in [0.1, 0.15) is 11.1 Å². The molecule has 0 aromatic heterocycles. The number of fused-ring (bicyclic) bond motifs is 1. The van der Waals surface area contributed by atoms with Crippen LogP contribution in [0, 0.1) is 0 Å². The largest absolute Gasteiger partial charge is 0.389 e. The fraction of sp³-hybridized carbons (Fsp3) is 0.280. The molecule has 0 bridgehead atoms. The van der Waals surface area contributed by atoms with Crippen LogP contribution in [0.2, 0.25) is 0 Å². The fourth-order valence-electron chi connectivity index (χ4n) is 3.60. The summed E-state index contributed by atoms with van der Waals surface area (Å²) in [6.07, 6.45) is 7.58. The second kappa shape index (κ2) is 10.4. The molecule has 0 spiro atoms. The molecule has 2 nitrogen and oxygen atoms in total. The zero-order valence-corrected chi connectivity index (χ0v) is 17.8. The number of likely N-dealkylation sites (N-methyl/N-ethyl adjacent to an activating group) is 1. The summed E-state index contributed by atoms with van der Waals surface area (Å²) in [5.74, 6) is 0. The summed E-state index contributed by atoms with van der Waals surface area (Å²) in [6.45, 7) is 0.923. The number of hydrogen-bond acceptors (Lipinski definition) is 3. The maximum absolute atomic E-state index is 3.55. The Morgan fingerprint density at radius 2 is 1.64 bits per heavy atom. The molecule has 3 heteroatoms. The number of nitrogens with one attached hydrogen (secondary N) is 1. The van der Waals surface area contributed by atoms with Crippen molar-refractivity contribution in [1.82, 2.24) is 10.2 Å². The summed E-state index contributed by atoms with van der Waals surface area (Å²) in [6, 6.07) is 26.2. The third-order valence-electron chi connectivity index (χ3n) is 5.21. The maximum Gasteiger partial charge on any atom is 0.0384 e. The smallest absolute Gasteiger partial charge is 0.0384 e. The first kappa shape index (κ1) is 20.5. The Bertz CT molecular complexity index is 884. The van der Waals surface area contributed by atoms with Gasteiger partial charge in [-0.15, -0.1) is 0 Å². The van der Waals surface area contributed by atoms with Crippen LogP contribution < -0.4 is 5.32 Å². The van der Waals surface area contributed by atoms with Gasteiger partial charge in [0.2, 0.25) is 0 Å². The minimum absolute atomic E-state index is 0.451. The van der Waals surface area contributed by atoms with Crippen molar-refractivity contribution >= 4 is 28.6 Å². The first-order chi connectivity index (χ1) is 13.7. The molecule has 0 saturated heterocycles. The van der Waals surface area contributed by atoms with Crippen LogP contribution in [-0.2, 0) is 6.42 Å². The number of thioether (sulfide) groups is 1. The molecule has 0 aliphatic rings. The van der Waals surface area contributed by atoms with E-state index < -0.39 is 0 Å². The number of nitrogens with zero attached hydrogens (tertiary/aromatic N) is 1. The number of hydrogen-bond donors (Lipinski definition) is 1. The molecule has 3 rings (SSSR count). The van der Waals surface area contributed by atoms with E-state index in [1.807, 2.05) is 11.8 Å². The molecule has 0 aliphatic heterocycles. The van der Waals surface area contributed by atoms with Gasteiger partial charge < -0.3 is 10.2 Å². The molecule has 3 aromatic carbocycles. The molecule has 146 valence electrons. The van der Waals surface area contributed by atoms with Crippen LogP contribution in [-0.4, -0.2) is 43.1 Å².